The maximum absolute atomic E-state index is 12.8. The Kier molecular flexibility index (Phi) is 5.95. The number of benzene rings is 3. The molecule has 0 aliphatic carbocycles. The molecule has 1 saturated heterocycles. The average Bonchev–Trinajstić information content (AvgIpc) is 3.04. The Labute approximate surface area is 183 Å². The molecule has 1 heterocycles. The summed E-state index contributed by atoms with van der Waals surface area (Å²) in [5.74, 6) is -0.390. The van der Waals surface area contributed by atoms with Gasteiger partial charge in [0.15, 0.2) is 0 Å². The van der Waals surface area contributed by atoms with Gasteiger partial charge >= 0.3 is 0 Å². The monoisotopic (exact) mass is 429 g/mol. The van der Waals surface area contributed by atoms with Crippen LogP contribution in [0.4, 0.5) is 16.2 Å². The first kappa shape index (κ1) is 20.6. The van der Waals surface area contributed by atoms with E-state index in [9.17, 15) is 14.7 Å². The van der Waals surface area contributed by atoms with Crippen molar-refractivity contribution in [2.75, 3.05) is 0 Å². The molecular formula is C24H19N3O3S. The van der Waals surface area contributed by atoms with Gasteiger partial charge in [-0.15, -0.1) is 0 Å². The second kappa shape index (κ2) is 8.97. The van der Waals surface area contributed by atoms with Crippen molar-refractivity contribution in [1.82, 2.24) is 4.90 Å². The van der Waals surface area contributed by atoms with Gasteiger partial charge in [-0.05, 0) is 66.2 Å². The Morgan fingerprint density at radius 3 is 2.42 bits per heavy atom. The van der Waals surface area contributed by atoms with E-state index in [4.69, 9.17) is 0 Å². The Hall–Kier alpha value is -3.71. The normalized spacial score (nSPS) is 15.4. The predicted octanol–water partition coefficient (Wildman–Crippen LogP) is 6.35. The molecule has 1 N–H and O–H groups in total. The molecule has 0 unspecified atom stereocenters. The Bertz CT molecular complexity index is 1210. The van der Waals surface area contributed by atoms with Crippen molar-refractivity contribution in [3.63, 3.8) is 0 Å². The summed E-state index contributed by atoms with van der Waals surface area (Å²) >= 11 is 0.860. The molecule has 1 aliphatic rings. The van der Waals surface area contributed by atoms with Crippen LogP contribution in [0.1, 0.15) is 16.7 Å². The smallest absolute Gasteiger partial charge is 0.293 e. The average molecular weight is 430 g/mol. The number of nitrogens with zero attached hydrogens (tertiary/aromatic N) is 3. The molecule has 6 nitrogen and oxygen atoms in total. The molecule has 154 valence electrons. The largest absolute Gasteiger partial charge is 0.507 e. The number of rotatable bonds is 5. The van der Waals surface area contributed by atoms with Gasteiger partial charge in [-0.2, -0.15) is 10.2 Å². The number of carbonyl (C=O) groups is 2. The van der Waals surface area contributed by atoms with Crippen molar-refractivity contribution in [2.45, 2.75) is 13.5 Å². The molecule has 31 heavy (non-hydrogen) atoms. The zero-order valence-electron chi connectivity index (χ0n) is 16.7. The van der Waals surface area contributed by atoms with Crippen molar-refractivity contribution in [2.24, 2.45) is 10.2 Å². The van der Waals surface area contributed by atoms with E-state index in [-0.39, 0.29) is 28.3 Å². The molecule has 0 bridgehead atoms. The highest BCUT2D eigenvalue weighted by Gasteiger charge is 2.35. The third-order valence-electron chi connectivity index (χ3n) is 4.80. The van der Waals surface area contributed by atoms with Crippen LogP contribution in [0.5, 0.6) is 5.75 Å². The lowest BCUT2D eigenvalue weighted by atomic mass is 10.1. The fourth-order valence-electron chi connectivity index (χ4n) is 3.07. The number of amides is 2. The number of hydrogen-bond acceptors (Lipinski definition) is 6. The molecule has 0 saturated carbocycles. The molecule has 3 aromatic rings. The van der Waals surface area contributed by atoms with Gasteiger partial charge in [-0.25, -0.2) is 0 Å². The molecule has 0 radical (unpaired) electrons. The molecule has 1 fully saturated rings. The number of azo groups is 1. The van der Waals surface area contributed by atoms with E-state index >= 15 is 0 Å². The first-order valence-electron chi connectivity index (χ1n) is 9.61. The van der Waals surface area contributed by atoms with E-state index in [0.717, 1.165) is 22.9 Å². The zero-order chi connectivity index (χ0) is 21.8. The van der Waals surface area contributed by atoms with E-state index in [2.05, 4.69) is 10.2 Å². The van der Waals surface area contributed by atoms with Crippen molar-refractivity contribution in [1.29, 1.82) is 0 Å². The highest BCUT2D eigenvalue weighted by molar-refractivity contribution is 8.18. The standard InChI is InChI=1S/C24H19N3O3S/c1-16-7-5-6-8-17(16)15-27-23(29)22(31-24(27)30)14-18-13-20(11-12-21(18)28)26-25-19-9-3-2-4-10-19/h2-14,28H,15H2,1H3/b22-14-,26-25?. The van der Waals surface area contributed by atoms with Crippen LogP contribution in [0.25, 0.3) is 6.08 Å². The summed E-state index contributed by atoms with van der Waals surface area (Å²) in [4.78, 5) is 26.8. The first-order chi connectivity index (χ1) is 15.0. The van der Waals surface area contributed by atoms with E-state index < -0.39 is 0 Å². The number of phenolic OH excluding ortho intramolecular Hbond substituents is 1. The van der Waals surface area contributed by atoms with Crippen LogP contribution in [0.15, 0.2) is 87.9 Å². The molecule has 0 spiro atoms. The minimum Gasteiger partial charge on any atom is -0.507 e. The Balaban J connectivity index is 1.57. The molecule has 1 aliphatic heterocycles. The fourth-order valence-corrected chi connectivity index (χ4v) is 3.89. The molecule has 0 atom stereocenters. The molecule has 3 aromatic carbocycles. The van der Waals surface area contributed by atoms with Gasteiger partial charge in [0.25, 0.3) is 11.1 Å². The number of aromatic hydroxyl groups is 1. The van der Waals surface area contributed by atoms with Gasteiger partial charge in [0, 0.05) is 5.56 Å². The summed E-state index contributed by atoms with van der Waals surface area (Å²) in [7, 11) is 0. The minimum atomic E-state index is -0.381. The van der Waals surface area contributed by atoms with E-state index in [1.54, 1.807) is 12.1 Å². The summed E-state index contributed by atoms with van der Waals surface area (Å²) in [6, 6.07) is 21.7. The molecule has 4 rings (SSSR count). The lowest BCUT2D eigenvalue weighted by molar-refractivity contribution is -0.123. The van der Waals surface area contributed by atoms with Gasteiger partial charge in [0.1, 0.15) is 5.75 Å². The highest BCUT2D eigenvalue weighted by atomic mass is 32.2. The van der Waals surface area contributed by atoms with Gasteiger partial charge < -0.3 is 5.11 Å². The van der Waals surface area contributed by atoms with Crippen LogP contribution < -0.4 is 0 Å². The fraction of sp³-hybridized carbons (Fsp3) is 0.0833. The number of aryl methyl sites for hydroxylation is 1. The van der Waals surface area contributed by atoms with Crippen LogP contribution in [-0.2, 0) is 11.3 Å². The number of imide groups is 1. The van der Waals surface area contributed by atoms with Crippen molar-refractivity contribution >= 4 is 40.4 Å². The zero-order valence-corrected chi connectivity index (χ0v) is 17.5. The highest BCUT2D eigenvalue weighted by Crippen LogP contribution is 2.36. The van der Waals surface area contributed by atoms with Crippen LogP contribution in [-0.4, -0.2) is 21.2 Å². The van der Waals surface area contributed by atoms with Crippen LogP contribution >= 0.6 is 11.8 Å². The van der Waals surface area contributed by atoms with Crippen LogP contribution in [0, 0.1) is 6.92 Å². The summed E-state index contributed by atoms with van der Waals surface area (Å²) in [5.41, 5.74) is 3.55. The van der Waals surface area contributed by atoms with Gasteiger partial charge in [-0.1, -0.05) is 42.5 Å². The SMILES string of the molecule is Cc1ccccc1CN1C(=O)S/C(=C\c2cc(N=Nc3ccccc3)ccc2O)C1=O. The summed E-state index contributed by atoms with van der Waals surface area (Å²) in [6.45, 7) is 2.16. The second-order valence-electron chi connectivity index (χ2n) is 6.97. The van der Waals surface area contributed by atoms with Crippen LogP contribution in [0.3, 0.4) is 0 Å². The van der Waals surface area contributed by atoms with Gasteiger partial charge in [-0.3, -0.25) is 14.5 Å². The van der Waals surface area contributed by atoms with Crippen molar-refractivity contribution in [3.8, 4) is 5.75 Å². The molecule has 7 heteroatoms. The van der Waals surface area contributed by atoms with E-state index in [1.165, 1.54) is 17.0 Å². The van der Waals surface area contributed by atoms with E-state index in [0.29, 0.717) is 16.9 Å². The lowest BCUT2D eigenvalue weighted by Crippen LogP contribution is -2.27. The maximum atomic E-state index is 12.8. The van der Waals surface area contributed by atoms with Gasteiger partial charge in [0.05, 0.1) is 22.8 Å². The number of carbonyl (C=O) groups excluding carboxylic acids is 2. The second-order valence-corrected chi connectivity index (χ2v) is 7.97. The third kappa shape index (κ3) is 4.73. The number of phenols is 1. The minimum absolute atomic E-state index is 0.00985. The Morgan fingerprint density at radius 1 is 0.935 bits per heavy atom. The maximum Gasteiger partial charge on any atom is 0.293 e. The molecule has 0 aromatic heterocycles. The molecule has 2 amide bonds. The van der Waals surface area contributed by atoms with Crippen molar-refractivity contribution in [3.05, 3.63) is 94.4 Å². The number of hydrogen-bond donors (Lipinski definition) is 1. The van der Waals surface area contributed by atoms with Crippen molar-refractivity contribution < 1.29 is 14.7 Å². The Morgan fingerprint density at radius 2 is 1.65 bits per heavy atom. The predicted molar refractivity (Wildman–Crippen MR) is 121 cm³/mol. The lowest BCUT2D eigenvalue weighted by Gasteiger charge is -2.14. The van der Waals surface area contributed by atoms with Gasteiger partial charge in [0.2, 0.25) is 0 Å². The summed E-state index contributed by atoms with van der Waals surface area (Å²) in [6.07, 6.45) is 1.51. The number of thioether (sulfide) groups is 1. The third-order valence-corrected chi connectivity index (χ3v) is 5.71. The van der Waals surface area contributed by atoms with E-state index in [1.807, 2.05) is 61.5 Å². The molecular weight excluding hydrogens is 410 g/mol. The van der Waals surface area contributed by atoms with Crippen LogP contribution in [0.2, 0.25) is 0 Å². The first-order valence-corrected chi connectivity index (χ1v) is 10.4. The topological polar surface area (TPSA) is 82.3 Å². The summed E-state index contributed by atoms with van der Waals surface area (Å²) < 4.78 is 0. The quantitative estimate of drug-likeness (QED) is 0.378. The summed E-state index contributed by atoms with van der Waals surface area (Å²) in [5, 5.41) is 18.2.